The van der Waals surface area contributed by atoms with Crippen molar-refractivity contribution in [2.45, 2.75) is 5.16 Å². The molecular weight excluding hydrogens is 214 g/mol. The molecule has 1 aromatic heterocycles. The number of H-pyrrole nitrogens is 1. The molecule has 1 rings (SSSR count). The number of rotatable bonds is 4. The van der Waals surface area contributed by atoms with Gasteiger partial charge in [-0.25, -0.2) is 13.4 Å². The van der Waals surface area contributed by atoms with Crippen molar-refractivity contribution in [1.29, 1.82) is 0 Å². The molecule has 0 radical (unpaired) electrons. The second-order valence-corrected chi connectivity index (χ2v) is 4.34. The highest BCUT2D eigenvalue weighted by molar-refractivity contribution is 7.91. The Balaban J connectivity index is 0.00000144. The summed E-state index contributed by atoms with van der Waals surface area (Å²) in [4.78, 5) is 6.23. The summed E-state index contributed by atoms with van der Waals surface area (Å²) < 4.78 is 22.6. The van der Waals surface area contributed by atoms with E-state index in [9.17, 15) is 8.42 Å². The predicted molar refractivity (Wildman–Crippen MR) is 51.8 cm³/mol. The first-order valence-corrected chi connectivity index (χ1v) is 5.19. The second-order valence-electron chi connectivity index (χ2n) is 2.32. The normalized spacial score (nSPS) is 10.8. The Morgan fingerprint density at radius 1 is 1.62 bits per heavy atom. The van der Waals surface area contributed by atoms with Crippen LogP contribution in [-0.2, 0) is 9.84 Å². The number of aromatic amines is 1. The molecule has 0 bridgehead atoms. The molecule has 0 aromatic carbocycles. The maximum absolute atomic E-state index is 11.3. The third-order valence-electron chi connectivity index (χ3n) is 1.39. The van der Waals surface area contributed by atoms with Gasteiger partial charge in [-0.05, 0) is 7.05 Å². The minimum Gasteiger partial charge on any atom is -0.336 e. The van der Waals surface area contributed by atoms with Crippen LogP contribution in [0.2, 0.25) is 0 Å². The lowest BCUT2D eigenvalue weighted by Crippen LogP contribution is -2.20. The zero-order valence-corrected chi connectivity index (χ0v) is 8.78. The van der Waals surface area contributed by atoms with Crippen LogP contribution in [0, 0.1) is 0 Å². The van der Waals surface area contributed by atoms with Crippen molar-refractivity contribution in [1.82, 2.24) is 15.3 Å². The molecule has 76 valence electrons. The molecule has 0 aliphatic rings. The lowest BCUT2D eigenvalue weighted by molar-refractivity contribution is 0.586. The monoisotopic (exact) mass is 225 g/mol. The Kier molecular flexibility index (Phi) is 4.97. The highest BCUT2D eigenvalue weighted by Crippen LogP contribution is 2.01. The lowest BCUT2D eigenvalue weighted by Gasteiger charge is -1.98. The summed E-state index contributed by atoms with van der Waals surface area (Å²) in [5, 5.41) is 2.80. The molecule has 0 saturated carbocycles. The molecular formula is C6H12ClN3O2S. The number of halogens is 1. The van der Waals surface area contributed by atoms with Gasteiger partial charge in [0.2, 0.25) is 15.0 Å². The number of imidazole rings is 1. The summed E-state index contributed by atoms with van der Waals surface area (Å²) >= 11 is 0. The summed E-state index contributed by atoms with van der Waals surface area (Å²) in [6, 6.07) is 0. The van der Waals surface area contributed by atoms with Crippen molar-refractivity contribution < 1.29 is 8.42 Å². The van der Waals surface area contributed by atoms with Gasteiger partial charge < -0.3 is 10.3 Å². The van der Waals surface area contributed by atoms with Crippen LogP contribution < -0.4 is 5.32 Å². The summed E-state index contributed by atoms with van der Waals surface area (Å²) in [5.74, 6) is 0.0665. The van der Waals surface area contributed by atoms with E-state index in [1.807, 2.05) is 0 Å². The topological polar surface area (TPSA) is 74.8 Å². The molecule has 5 nitrogen and oxygen atoms in total. The van der Waals surface area contributed by atoms with Gasteiger partial charge in [0.05, 0.1) is 5.75 Å². The fourth-order valence-corrected chi connectivity index (χ4v) is 1.89. The van der Waals surface area contributed by atoms with Crippen LogP contribution in [0.5, 0.6) is 0 Å². The Hall–Kier alpha value is -0.590. The van der Waals surface area contributed by atoms with Gasteiger partial charge in [0.1, 0.15) is 0 Å². The van der Waals surface area contributed by atoms with Gasteiger partial charge in [0, 0.05) is 18.9 Å². The lowest BCUT2D eigenvalue weighted by atomic mass is 10.8. The third-order valence-corrected chi connectivity index (χ3v) is 2.94. The number of sulfone groups is 1. The first-order valence-electron chi connectivity index (χ1n) is 3.53. The minimum atomic E-state index is -3.21. The number of hydrogen-bond acceptors (Lipinski definition) is 4. The molecule has 1 heterocycles. The number of hydrogen-bond donors (Lipinski definition) is 2. The molecule has 0 spiro atoms. The molecule has 0 aliphatic carbocycles. The quantitative estimate of drug-likeness (QED) is 0.746. The highest BCUT2D eigenvalue weighted by Gasteiger charge is 2.15. The largest absolute Gasteiger partial charge is 0.336 e. The fourth-order valence-electron chi connectivity index (χ4n) is 0.754. The molecule has 0 atom stereocenters. The van der Waals surface area contributed by atoms with Gasteiger partial charge in [0.15, 0.2) is 0 Å². The number of nitrogens with zero attached hydrogens (tertiary/aromatic N) is 1. The Morgan fingerprint density at radius 2 is 2.31 bits per heavy atom. The Labute approximate surface area is 83.3 Å². The van der Waals surface area contributed by atoms with Crippen molar-refractivity contribution in [3.05, 3.63) is 12.4 Å². The molecule has 0 unspecified atom stereocenters. The number of nitrogens with one attached hydrogen (secondary N) is 2. The average molecular weight is 226 g/mol. The van der Waals surface area contributed by atoms with Gasteiger partial charge >= 0.3 is 0 Å². The Morgan fingerprint density at radius 3 is 2.77 bits per heavy atom. The van der Waals surface area contributed by atoms with Crippen LogP contribution in [0.25, 0.3) is 0 Å². The average Bonchev–Trinajstić information content (AvgIpc) is 2.53. The summed E-state index contributed by atoms with van der Waals surface area (Å²) in [7, 11) is -1.50. The second kappa shape index (κ2) is 5.21. The van der Waals surface area contributed by atoms with Crippen molar-refractivity contribution in [3.63, 3.8) is 0 Å². The smallest absolute Gasteiger partial charge is 0.225 e. The maximum atomic E-state index is 11.3. The summed E-state index contributed by atoms with van der Waals surface area (Å²) in [6.45, 7) is 0.434. The molecule has 13 heavy (non-hydrogen) atoms. The van der Waals surface area contributed by atoms with Crippen LogP contribution in [0.4, 0.5) is 0 Å². The predicted octanol–water partition coefficient (Wildman–Crippen LogP) is -0.175. The van der Waals surface area contributed by atoms with E-state index in [2.05, 4.69) is 15.3 Å². The number of aromatic nitrogens is 2. The highest BCUT2D eigenvalue weighted by atomic mass is 35.5. The van der Waals surface area contributed by atoms with E-state index in [1.54, 1.807) is 7.05 Å². The van der Waals surface area contributed by atoms with E-state index in [-0.39, 0.29) is 23.3 Å². The fraction of sp³-hybridized carbons (Fsp3) is 0.500. The van der Waals surface area contributed by atoms with Gasteiger partial charge in [-0.3, -0.25) is 0 Å². The van der Waals surface area contributed by atoms with Gasteiger partial charge in [0.25, 0.3) is 0 Å². The van der Waals surface area contributed by atoms with Crippen molar-refractivity contribution in [2.75, 3.05) is 19.3 Å². The van der Waals surface area contributed by atoms with Gasteiger partial charge in [-0.1, -0.05) is 0 Å². The minimum absolute atomic E-state index is 0. The van der Waals surface area contributed by atoms with E-state index in [0.717, 1.165) is 0 Å². The molecule has 0 fully saturated rings. The zero-order chi connectivity index (χ0) is 9.03. The summed E-state index contributed by atoms with van der Waals surface area (Å²) in [5.41, 5.74) is 0. The maximum Gasteiger partial charge on any atom is 0.225 e. The molecule has 1 aromatic rings. The van der Waals surface area contributed by atoms with Crippen molar-refractivity contribution >= 4 is 22.2 Å². The van der Waals surface area contributed by atoms with Gasteiger partial charge in [-0.2, -0.15) is 0 Å². The molecule has 0 aliphatic heterocycles. The van der Waals surface area contributed by atoms with Crippen LogP contribution in [0.15, 0.2) is 17.6 Å². The van der Waals surface area contributed by atoms with E-state index in [4.69, 9.17) is 0 Å². The molecule has 0 amide bonds. The van der Waals surface area contributed by atoms with Crippen LogP contribution in [0.1, 0.15) is 0 Å². The first kappa shape index (κ1) is 12.4. The van der Waals surface area contributed by atoms with E-state index < -0.39 is 9.84 Å². The Bertz CT molecular complexity index is 322. The molecule has 7 heteroatoms. The van der Waals surface area contributed by atoms with Crippen LogP contribution >= 0.6 is 12.4 Å². The first-order chi connectivity index (χ1) is 5.67. The standard InChI is InChI=1S/C6H11N3O2S.ClH/c1-7-4-5-12(10,11)6-8-2-3-9-6;/h2-3,7H,4-5H2,1H3,(H,8,9);1H. The SMILES string of the molecule is CNCCS(=O)(=O)c1ncc[nH]1.Cl. The zero-order valence-electron chi connectivity index (χ0n) is 7.15. The van der Waals surface area contributed by atoms with E-state index >= 15 is 0 Å². The van der Waals surface area contributed by atoms with Gasteiger partial charge in [-0.15, -0.1) is 12.4 Å². The molecule has 2 N–H and O–H groups in total. The summed E-state index contributed by atoms with van der Waals surface area (Å²) in [6.07, 6.45) is 2.92. The third kappa shape index (κ3) is 3.33. The van der Waals surface area contributed by atoms with Crippen LogP contribution in [0.3, 0.4) is 0 Å². The molecule has 0 saturated heterocycles. The van der Waals surface area contributed by atoms with Crippen LogP contribution in [-0.4, -0.2) is 37.7 Å². The van der Waals surface area contributed by atoms with E-state index in [0.29, 0.717) is 6.54 Å². The van der Waals surface area contributed by atoms with Crippen molar-refractivity contribution in [3.8, 4) is 0 Å². The van der Waals surface area contributed by atoms with E-state index in [1.165, 1.54) is 12.4 Å². The van der Waals surface area contributed by atoms with Crippen molar-refractivity contribution in [2.24, 2.45) is 0 Å².